The van der Waals surface area contributed by atoms with Gasteiger partial charge in [-0.15, -0.1) is 12.4 Å². The molecule has 5 heteroatoms. The number of anilines is 2. The molecule has 0 unspecified atom stereocenters. The average molecular weight is 280 g/mol. The van der Waals surface area contributed by atoms with Gasteiger partial charge < -0.3 is 10.1 Å². The number of nitrogens with zero attached hydrogens (tertiary/aromatic N) is 2. The van der Waals surface area contributed by atoms with Crippen molar-refractivity contribution in [2.75, 3.05) is 11.9 Å². The van der Waals surface area contributed by atoms with Gasteiger partial charge in [-0.05, 0) is 25.5 Å². The van der Waals surface area contributed by atoms with Crippen LogP contribution in [0.5, 0.6) is 5.75 Å². The van der Waals surface area contributed by atoms with Crippen LogP contribution in [0.1, 0.15) is 19.0 Å². The second-order valence-corrected chi connectivity index (χ2v) is 4.01. The summed E-state index contributed by atoms with van der Waals surface area (Å²) < 4.78 is 5.68. The number of para-hydroxylation sites is 2. The van der Waals surface area contributed by atoms with E-state index in [1.807, 2.05) is 37.3 Å². The monoisotopic (exact) mass is 279 g/mol. The molecule has 4 nitrogen and oxygen atoms in total. The van der Waals surface area contributed by atoms with E-state index in [1.54, 1.807) is 6.33 Å². The summed E-state index contributed by atoms with van der Waals surface area (Å²) in [6.45, 7) is 4.73. The molecule has 0 radical (unpaired) electrons. The summed E-state index contributed by atoms with van der Waals surface area (Å²) >= 11 is 0. The van der Waals surface area contributed by atoms with Crippen molar-refractivity contribution in [2.24, 2.45) is 0 Å². The smallest absolute Gasteiger partial charge is 0.142 e. The van der Waals surface area contributed by atoms with Crippen molar-refractivity contribution < 1.29 is 4.74 Å². The summed E-state index contributed by atoms with van der Waals surface area (Å²) in [7, 11) is 0. The van der Waals surface area contributed by atoms with Gasteiger partial charge in [-0.25, -0.2) is 9.97 Å². The Morgan fingerprint density at radius 1 is 1.21 bits per heavy atom. The first-order valence-electron chi connectivity index (χ1n) is 6.07. The lowest BCUT2D eigenvalue weighted by atomic mass is 10.3. The van der Waals surface area contributed by atoms with Crippen LogP contribution >= 0.6 is 12.4 Å². The highest BCUT2D eigenvalue weighted by Crippen LogP contribution is 2.26. The molecule has 0 atom stereocenters. The quantitative estimate of drug-likeness (QED) is 0.906. The number of rotatable bonds is 5. The van der Waals surface area contributed by atoms with Gasteiger partial charge in [0.1, 0.15) is 17.9 Å². The topological polar surface area (TPSA) is 47.0 Å². The SMILES string of the molecule is CCCOc1ccccc1Nc1cc(C)ncn1.Cl. The van der Waals surface area contributed by atoms with E-state index in [9.17, 15) is 0 Å². The minimum absolute atomic E-state index is 0. The van der Waals surface area contributed by atoms with E-state index in [1.165, 1.54) is 0 Å². The van der Waals surface area contributed by atoms with Gasteiger partial charge in [0.2, 0.25) is 0 Å². The minimum Gasteiger partial charge on any atom is -0.491 e. The summed E-state index contributed by atoms with van der Waals surface area (Å²) in [6, 6.07) is 9.75. The number of hydrogen-bond donors (Lipinski definition) is 1. The summed E-state index contributed by atoms with van der Waals surface area (Å²) in [5, 5.41) is 3.25. The van der Waals surface area contributed by atoms with Crippen LogP contribution in [0.4, 0.5) is 11.5 Å². The fraction of sp³-hybridized carbons (Fsp3) is 0.286. The molecule has 0 bridgehead atoms. The van der Waals surface area contributed by atoms with E-state index in [-0.39, 0.29) is 12.4 Å². The Morgan fingerprint density at radius 2 is 2.00 bits per heavy atom. The highest BCUT2D eigenvalue weighted by molar-refractivity contribution is 5.85. The molecule has 0 aliphatic heterocycles. The van der Waals surface area contributed by atoms with Crippen molar-refractivity contribution in [1.29, 1.82) is 0 Å². The molecule has 0 aliphatic rings. The molecule has 0 fully saturated rings. The number of ether oxygens (including phenoxy) is 1. The van der Waals surface area contributed by atoms with E-state index in [4.69, 9.17) is 4.74 Å². The van der Waals surface area contributed by atoms with Gasteiger partial charge in [0.15, 0.2) is 0 Å². The van der Waals surface area contributed by atoms with Crippen LogP contribution in [0.25, 0.3) is 0 Å². The van der Waals surface area contributed by atoms with Crippen LogP contribution in [0.15, 0.2) is 36.7 Å². The van der Waals surface area contributed by atoms with Crippen molar-refractivity contribution in [3.63, 3.8) is 0 Å². The Balaban J connectivity index is 0.00000180. The maximum Gasteiger partial charge on any atom is 0.142 e. The van der Waals surface area contributed by atoms with Crippen molar-refractivity contribution >= 4 is 23.9 Å². The lowest BCUT2D eigenvalue weighted by Gasteiger charge is -2.12. The number of hydrogen-bond acceptors (Lipinski definition) is 4. The van der Waals surface area contributed by atoms with Crippen LogP contribution in [0.2, 0.25) is 0 Å². The lowest BCUT2D eigenvalue weighted by molar-refractivity contribution is 0.319. The van der Waals surface area contributed by atoms with Gasteiger partial charge in [0.25, 0.3) is 0 Å². The Labute approximate surface area is 119 Å². The van der Waals surface area contributed by atoms with Crippen LogP contribution in [0.3, 0.4) is 0 Å². The van der Waals surface area contributed by atoms with Crippen molar-refractivity contribution in [3.05, 3.63) is 42.4 Å². The standard InChI is InChI=1S/C14H17N3O.ClH/c1-3-8-18-13-7-5-4-6-12(13)17-14-9-11(2)15-10-16-14;/h4-7,9-10H,3,8H2,1-2H3,(H,15,16,17);1H. The maximum absolute atomic E-state index is 5.68. The van der Waals surface area contributed by atoms with E-state index in [0.29, 0.717) is 6.61 Å². The van der Waals surface area contributed by atoms with Gasteiger partial charge in [0, 0.05) is 11.8 Å². The third-order valence-corrected chi connectivity index (χ3v) is 2.42. The molecule has 19 heavy (non-hydrogen) atoms. The normalized spacial score (nSPS) is 9.58. The maximum atomic E-state index is 5.68. The van der Waals surface area contributed by atoms with E-state index >= 15 is 0 Å². The number of nitrogens with one attached hydrogen (secondary N) is 1. The molecule has 2 rings (SSSR count). The molecule has 1 N–H and O–H groups in total. The van der Waals surface area contributed by atoms with Crippen molar-refractivity contribution in [1.82, 2.24) is 9.97 Å². The molecule has 1 heterocycles. The van der Waals surface area contributed by atoms with Gasteiger partial charge in [-0.2, -0.15) is 0 Å². The molecule has 0 amide bonds. The molecular weight excluding hydrogens is 262 g/mol. The predicted octanol–water partition coefficient (Wildman–Crippen LogP) is 3.74. The first kappa shape index (κ1) is 15.2. The van der Waals surface area contributed by atoms with Crippen molar-refractivity contribution in [2.45, 2.75) is 20.3 Å². The zero-order valence-electron chi connectivity index (χ0n) is 11.1. The Bertz CT molecular complexity index is 520. The number of benzene rings is 1. The second-order valence-electron chi connectivity index (χ2n) is 4.01. The largest absolute Gasteiger partial charge is 0.491 e. The number of halogens is 1. The highest BCUT2D eigenvalue weighted by Gasteiger charge is 2.03. The van der Waals surface area contributed by atoms with Gasteiger partial charge in [0.05, 0.1) is 12.3 Å². The molecule has 2 aromatic rings. The molecule has 0 saturated carbocycles. The fourth-order valence-electron chi connectivity index (χ4n) is 1.57. The lowest BCUT2D eigenvalue weighted by Crippen LogP contribution is -2.00. The molecule has 102 valence electrons. The number of aryl methyl sites for hydroxylation is 1. The first-order valence-corrected chi connectivity index (χ1v) is 6.07. The zero-order valence-corrected chi connectivity index (χ0v) is 11.9. The average Bonchev–Trinajstić information content (AvgIpc) is 2.38. The van der Waals surface area contributed by atoms with Crippen LogP contribution in [0, 0.1) is 6.92 Å². The van der Waals surface area contributed by atoms with Crippen molar-refractivity contribution in [3.8, 4) is 5.75 Å². The predicted molar refractivity (Wildman–Crippen MR) is 79.5 cm³/mol. The fourth-order valence-corrected chi connectivity index (χ4v) is 1.57. The van der Waals surface area contributed by atoms with Crippen LogP contribution < -0.4 is 10.1 Å². The summed E-state index contributed by atoms with van der Waals surface area (Å²) in [6.07, 6.45) is 2.54. The first-order chi connectivity index (χ1) is 8.79. The van der Waals surface area contributed by atoms with Gasteiger partial charge in [-0.3, -0.25) is 0 Å². The van der Waals surface area contributed by atoms with Gasteiger partial charge >= 0.3 is 0 Å². The Hall–Kier alpha value is -1.81. The molecular formula is C14H18ClN3O. The minimum atomic E-state index is 0. The molecule has 0 spiro atoms. The Morgan fingerprint density at radius 3 is 2.74 bits per heavy atom. The van der Waals surface area contributed by atoms with E-state index < -0.39 is 0 Å². The summed E-state index contributed by atoms with van der Waals surface area (Å²) in [4.78, 5) is 8.25. The highest BCUT2D eigenvalue weighted by atomic mass is 35.5. The summed E-state index contributed by atoms with van der Waals surface area (Å²) in [5.74, 6) is 1.62. The van der Waals surface area contributed by atoms with E-state index in [0.717, 1.165) is 29.4 Å². The molecule has 1 aromatic heterocycles. The second kappa shape index (κ2) is 7.59. The van der Waals surface area contributed by atoms with E-state index in [2.05, 4.69) is 22.2 Å². The van der Waals surface area contributed by atoms with Gasteiger partial charge in [-0.1, -0.05) is 19.1 Å². The summed E-state index contributed by atoms with van der Waals surface area (Å²) in [5.41, 5.74) is 1.85. The van der Waals surface area contributed by atoms with Crippen LogP contribution in [-0.4, -0.2) is 16.6 Å². The third kappa shape index (κ3) is 4.41. The molecule has 1 aromatic carbocycles. The molecule has 0 aliphatic carbocycles. The number of aromatic nitrogens is 2. The molecule has 0 saturated heterocycles. The van der Waals surface area contributed by atoms with Crippen LogP contribution in [-0.2, 0) is 0 Å². The third-order valence-electron chi connectivity index (χ3n) is 2.42. The zero-order chi connectivity index (χ0) is 12.8. The Kier molecular flexibility index (Phi) is 6.09.